The van der Waals surface area contributed by atoms with Crippen LogP contribution in [0.1, 0.15) is 64.5 Å². The van der Waals surface area contributed by atoms with Crippen LogP contribution in [0.3, 0.4) is 0 Å². The van der Waals surface area contributed by atoms with Gasteiger partial charge in [0.2, 0.25) is 11.0 Å². The van der Waals surface area contributed by atoms with Gasteiger partial charge in [0, 0.05) is 11.1 Å². The largest absolute Gasteiger partial charge is 0.497 e. The summed E-state index contributed by atoms with van der Waals surface area (Å²) in [5, 5.41) is 15.4. The predicted octanol–water partition coefficient (Wildman–Crippen LogP) is 6.00. The van der Waals surface area contributed by atoms with E-state index in [1.54, 1.807) is 31.4 Å². The number of aromatic nitrogens is 2. The second kappa shape index (κ2) is 15.6. The van der Waals surface area contributed by atoms with Crippen LogP contribution in [0.5, 0.6) is 17.2 Å². The number of hydrazone groups is 1. The molecular formula is C33H35N5O5S. The molecule has 2 amide bonds. The first-order valence-electron chi connectivity index (χ1n) is 14.6. The molecule has 1 aliphatic carbocycles. The van der Waals surface area contributed by atoms with E-state index in [1.165, 1.54) is 43.9 Å². The van der Waals surface area contributed by atoms with Crippen molar-refractivity contribution in [1.82, 2.24) is 15.6 Å². The molecular weight excluding hydrogens is 578 g/mol. The molecule has 1 saturated carbocycles. The fourth-order valence-electron chi connectivity index (χ4n) is 4.94. The molecule has 1 heterocycles. The Morgan fingerprint density at radius 2 is 1.64 bits per heavy atom. The summed E-state index contributed by atoms with van der Waals surface area (Å²) in [6.07, 6.45) is 8.03. The van der Waals surface area contributed by atoms with Crippen LogP contribution >= 0.6 is 11.3 Å². The van der Waals surface area contributed by atoms with Crippen LogP contribution in [0.2, 0.25) is 0 Å². The lowest BCUT2D eigenvalue weighted by Crippen LogP contribution is -2.19. The van der Waals surface area contributed by atoms with Crippen LogP contribution in [0.15, 0.2) is 77.9 Å². The number of para-hydroxylation sites is 1. The van der Waals surface area contributed by atoms with Crippen LogP contribution < -0.4 is 25.0 Å². The summed E-state index contributed by atoms with van der Waals surface area (Å²) in [5.41, 5.74) is 5.06. The topological polar surface area (TPSA) is 124 Å². The Bertz CT molecular complexity index is 1550. The number of rotatable bonds is 13. The van der Waals surface area contributed by atoms with Crippen molar-refractivity contribution < 1.29 is 23.8 Å². The number of benzene rings is 3. The molecule has 44 heavy (non-hydrogen) atoms. The van der Waals surface area contributed by atoms with E-state index in [4.69, 9.17) is 14.2 Å². The van der Waals surface area contributed by atoms with E-state index in [2.05, 4.69) is 38.2 Å². The number of hydrogen-bond donors (Lipinski definition) is 2. The number of amides is 2. The maximum atomic E-state index is 12.4. The molecule has 0 bridgehead atoms. The Balaban J connectivity index is 1.04. The molecule has 0 atom stereocenters. The van der Waals surface area contributed by atoms with Crippen LogP contribution in [0.4, 0.5) is 5.13 Å². The first kappa shape index (κ1) is 30.7. The lowest BCUT2D eigenvalue weighted by Gasteiger charge is -2.22. The highest BCUT2D eigenvalue weighted by Gasteiger charge is 2.15. The summed E-state index contributed by atoms with van der Waals surface area (Å²) < 4.78 is 16.9. The average molecular weight is 614 g/mol. The Morgan fingerprint density at radius 3 is 2.41 bits per heavy atom. The lowest BCUT2D eigenvalue weighted by molar-refractivity contribution is -0.120. The first-order valence-corrected chi connectivity index (χ1v) is 15.4. The molecule has 1 fully saturated rings. The van der Waals surface area contributed by atoms with Gasteiger partial charge in [-0.05, 0) is 72.9 Å². The number of nitrogens with zero attached hydrogens (tertiary/aromatic N) is 3. The minimum atomic E-state index is -0.369. The smallest absolute Gasteiger partial charge is 0.257 e. The predicted molar refractivity (Wildman–Crippen MR) is 170 cm³/mol. The molecule has 4 aromatic rings. The molecule has 0 unspecified atom stereocenters. The molecule has 11 heteroatoms. The van der Waals surface area contributed by atoms with Gasteiger partial charge in [0.1, 0.15) is 35.5 Å². The van der Waals surface area contributed by atoms with Crippen molar-refractivity contribution in [2.75, 3.05) is 25.6 Å². The van der Waals surface area contributed by atoms with E-state index in [0.29, 0.717) is 51.9 Å². The van der Waals surface area contributed by atoms with Gasteiger partial charge < -0.3 is 14.2 Å². The van der Waals surface area contributed by atoms with Crippen molar-refractivity contribution in [3.05, 3.63) is 94.5 Å². The summed E-state index contributed by atoms with van der Waals surface area (Å²) in [5.74, 6) is 2.08. The molecule has 1 aliphatic rings. The van der Waals surface area contributed by atoms with E-state index >= 15 is 0 Å². The highest BCUT2D eigenvalue weighted by atomic mass is 32.1. The summed E-state index contributed by atoms with van der Waals surface area (Å²) in [6, 6.07) is 22.5. The van der Waals surface area contributed by atoms with E-state index in [9.17, 15) is 9.59 Å². The van der Waals surface area contributed by atoms with Crippen molar-refractivity contribution in [2.24, 2.45) is 5.10 Å². The third-order valence-electron chi connectivity index (χ3n) is 7.23. The standard InChI is InChI=1S/C33H35N5O5S/c1-41-27-15-13-25(14-16-27)32(40)35-33-38-37-31(44-33)21-30(39)36-34-22-26-9-5-6-10-29(26)43-20-19-42-28-17-11-24(12-18-28)23-7-3-2-4-8-23/h5-6,9-18,22-23H,2-4,7-8,19-21H2,1H3,(H,36,39)(H,35,38,40). The minimum absolute atomic E-state index is 0.0372. The average Bonchev–Trinajstić information content (AvgIpc) is 3.50. The first-order chi connectivity index (χ1) is 21.6. The van der Waals surface area contributed by atoms with Crippen LogP contribution in [0.25, 0.3) is 0 Å². The van der Waals surface area contributed by atoms with Crippen molar-refractivity contribution >= 4 is 34.5 Å². The van der Waals surface area contributed by atoms with Crippen molar-refractivity contribution in [1.29, 1.82) is 0 Å². The summed E-state index contributed by atoms with van der Waals surface area (Å²) in [4.78, 5) is 24.9. The van der Waals surface area contributed by atoms with E-state index in [0.717, 1.165) is 17.1 Å². The number of hydrogen-bond acceptors (Lipinski definition) is 9. The maximum Gasteiger partial charge on any atom is 0.257 e. The third kappa shape index (κ3) is 8.87. The molecule has 0 aliphatic heterocycles. The SMILES string of the molecule is COc1ccc(C(=O)Nc2nnc(CC(=O)NN=Cc3ccccc3OCCOc3ccc(C4CCCCC4)cc3)s2)cc1. The Labute approximate surface area is 260 Å². The number of nitrogens with one attached hydrogen (secondary N) is 2. The molecule has 0 spiro atoms. The Hall–Kier alpha value is -4.77. The maximum absolute atomic E-state index is 12.4. The monoisotopic (exact) mass is 613 g/mol. The zero-order chi connectivity index (χ0) is 30.6. The third-order valence-corrected chi connectivity index (χ3v) is 8.07. The summed E-state index contributed by atoms with van der Waals surface area (Å²) in [6.45, 7) is 0.755. The summed E-state index contributed by atoms with van der Waals surface area (Å²) in [7, 11) is 1.56. The normalized spacial score (nSPS) is 13.4. The molecule has 0 radical (unpaired) electrons. The van der Waals surface area contributed by atoms with Gasteiger partial charge in [0.25, 0.3) is 5.91 Å². The highest BCUT2D eigenvalue weighted by molar-refractivity contribution is 7.15. The summed E-state index contributed by atoms with van der Waals surface area (Å²) >= 11 is 1.12. The fourth-order valence-corrected chi connectivity index (χ4v) is 5.67. The van der Waals surface area contributed by atoms with Crippen molar-refractivity contribution in [2.45, 2.75) is 44.4 Å². The number of carbonyl (C=O) groups excluding carboxylic acids is 2. The second-order valence-corrected chi connectivity index (χ2v) is 11.4. The number of carbonyl (C=O) groups is 2. The Kier molecular flexibility index (Phi) is 10.9. The van der Waals surface area contributed by atoms with Crippen LogP contribution in [-0.2, 0) is 11.2 Å². The minimum Gasteiger partial charge on any atom is -0.497 e. The van der Waals surface area contributed by atoms with Gasteiger partial charge >= 0.3 is 0 Å². The van der Waals surface area contributed by atoms with Gasteiger partial charge in [0.05, 0.1) is 19.7 Å². The van der Waals surface area contributed by atoms with Crippen LogP contribution in [-0.4, -0.2) is 48.5 Å². The van der Waals surface area contributed by atoms with E-state index < -0.39 is 0 Å². The molecule has 0 saturated heterocycles. The van der Waals surface area contributed by atoms with Gasteiger partial charge in [-0.2, -0.15) is 5.10 Å². The van der Waals surface area contributed by atoms with Crippen LogP contribution in [0, 0.1) is 0 Å². The molecule has 10 nitrogen and oxygen atoms in total. The molecule has 5 rings (SSSR count). The highest BCUT2D eigenvalue weighted by Crippen LogP contribution is 2.33. The van der Waals surface area contributed by atoms with Gasteiger partial charge in [0.15, 0.2) is 0 Å². The molecule has 1 aromatic heterocycles. The number of anilines is 1. The molecule has 228 valence electrons. The Morgan fingerprint density at radius 1 is 0.909 bits per heavy atom. The zero-order valence-corrected chi connectivity index (χ0v) is 25.3. The number of ether oxygens (including phenoxy) is 3. The second-order valence-electron chi connectivity index (χ2n) is 10.3. The van der Waals surface area contributed by atoms with Crippen molar-refractivity contribution in [3.63, 3.8) is 0 Å². The lowest BCUT2D eigenvalue weighted by atomic mass is 9.84. The number of methoxy groups -OCH3 is 1. The van der Waals surface area contributed by atoms with E-state index in [-0.39, 0.29) is 18.2 Å². The van der Waals surface area contributed by atoms with E-state index in [1.807, 2.05) is 36.4 Å². The quantitative estimate of drug-likeness (QED) is 0.108. The van der Waals surface area contributed by atoms with Gasteiger partial charge in [-0.3, -0.25) is 14.9 Å². The van der Waals surface area contributed by atoms with Gasteiger partial charge in [-0.1, -0.05) is 54.9 Å². The zero-order valence-electron chi connectivity index (χ0n) is 24.5. The van der Waals surface area contributed by atoms with Crippen molar-refractivity contribution in [3.8, 4) is 17.2 Å². The fraction of sp³-hybridized carbons (Fsp3) is 0.303. The van der Waals surface area contributed by atoms with Gasteiger partial charge in [-0.25, -0.2) is 5.43 Å². The molecule has 3 aromatic carbocycles. The van der Waals surface area contributed by atoms with Gasteiger partial charge in [-0.15, -0.1) is 10.2 Å². The molecule has 2 N–H and O–H groups in total.